The molecule has 7 aromatic rings. The van der Waals surface area contributed by atoms with Crippen molar-refractivity contribution in [1.29, 1.82) is 5.26 Å². The predicted octanol–water partition coefficient (Wildman–Crippen LogP) is 10.6. The van der Waals surface area contributed by atoms with Crippen LogP contribution in [0.4, 0.5) is 5.69 Å². The average Bonchev–Trinajstić information content (AvgIpc) is 3.52. The van der Waals surface area contributed by atoms with E-state index in [0.29, 0.717) is 11.3 Å². The van der Waals surface area contributed by atoms with Gasteiger partial charge in [-0.15, -0.1) is 0 Å². The average molecular weight is 543 g/mol. The Morgan fingerprint density at radius 2 is 0.905 bits per heavy atom. The number of hydrogen-bond donors (Lipinski definition) is 0. The molecule has 0 amide bonds. The molecule has 0 aliphatic carbocycles. The van der Waals surface area contributed by atoms with Crippen molar-refractivity contribution in [3.05, 3.63) is 125 Å². The molecule has 42 heavy (non-hydrogen) atoms. The molecule has 0 fully saturated rings. The molecule has 0 saturated heterocycles. The van der Waals surface area contributed by atoms with Gasteiger partial charge in [0.25, 0.3) is 0 Å². The molecule has 0 spiro atoms. The molecule has 5 aromatic carbocycles. The molecular weight excluding hydrogens is 512 g/mol. The molecule has 0 aliphatic rings. The van der Waals surface area contributed by atoms with Crippen molar-refractivity contribution in [2.45, 2.75) is 39.5 Å². The van der Waals surface area contributed by atoms with E-state index in [9.17, 15) is 5.26 Å². The number of hydrogen-bond acceptors (Lipinski definition) is 1. The molecule has 0 bridgehead atoms. The van der Waals surface area contributed by atoms with Gasteiger partial charge < -0.3 is 9.13 Å². The van der Waals surface area contributed by atoms with Gasteiger partial charge in [-0.1, -0.05) is 100 Å². The van der Waals surface area contributed by atoms with E-state index in [2.05, 4.69) is 121 Å². The first-order valence-electron chi connectivity index (χ1n) is 14.5. The molecule has 2 heterocycles. The number of fused-ring (bicyclic) bond motifs is 6. The molecule has 2 aromatic heterocycles. The van der Waals surface area contributed by atoms with Gasteiger partial charge in [0.05, 0.1) is 51.6 Å². The monoisotopic (exact) mass is 542 g/mol. The van der Waals surface area contributed by atoms with E-state index in [4.69, 9.17) is 6.57 Å². The van der Waals surface area contributed by atoms with Crippen molar-refractivity contribution >= 4 is 49.3 Å². The summed E-state index contributed by atoms with van der Waals surface area (Å²) < 4.78 is 4.46. The molecule has 0 N–H and O–H groups in total. The van der Waals surface area contributed by atoms with Crippen LogP contribution >= 0.6 is 0 Å². The number of rotatable bonds is 4. The van der Waals surface area contributed by atoms with Crippen LogP contribution in [0, 0.1) is 17.9 Å². The number of para-hydroxylation sites is 4. The second-order valence-corrected chi connectivity index (χ2v) is 11.5. The highest BCUT2D eigenvalue weighted by molar-refractivity contribution is 6.11. The van der Waals surface area contributed by atoms with Gasteiger partial charge in [0.15, 0.2) is 0 Å². The fourth-order valence-corrected chi connectivity index (χ4v) is 6.92. The van der Waals surface area contributed by atoms with Crippen LogP contribution in [0.2, 0.25) is 0 Å². The quantitative estimate of drug-likeness (QED) is 0.204. The van der Waals surface area contributed by atoms with E-state index in [-0.39, 0.29) is 11.8 Å². The summed E-state index contributed by atoms with van der Waals surface area (Å²) in [5.74, 6) is 0.188. The third kappa shape index (κ3) is 3.46. The van der Waals surface area contributed by atoms with Crippen LogP contribution in [0.25, 0.3) is 59.8 Å². The standard InChI is InChI=1S/C38H30N4/c1-23(2)34-35(24(3)4)38(42-32-20-12-8-16-27(32)28-17-9-13-21-33(28)42)36(40-5)29(22-39)37(34)41-30-18-10-6-14-25(30)26-15-7-11-19-31(26)41/h6-21,23-24H,1-4H3. The molecule has 0 saturated carbocycles. The van der Waals surface area contributed by atoms with Crippen molar-refractivity contribution in [2.75, 3.05) is 0 Å². The topological polar surface area (TPSA) is 38.0 Å². The Kier molecular flexibility index (Phi) is 5.89. The highest BCUT2D eigenvalue weighted by Gasteiger charge is 2.31. The number of nitrogens with zero attached hydrogens (tertiary/aromatic N) is 4. The summed E-state index contributed by atoms with van der Waals surface area (Å²) in [6.07, 6.45) is 0. The Balaban J connectivity index is 1.76. The second kappa shape index (κ2) is 9.65. The van der Waals surface area contributed by atoms with Gasteiger partial charge in [-0.3, -0.25) is 0 Å². The van der Waals surface area contributed by atoms with Gasteiger partial charge in [0.1, 0.15) is 0 Å². The van der Waals surface area contributed by atoms with Crippen LogP contribution in [0.1, 0.15) is 56.2 Å². The maximum absolute atomic E-state index is 10.9. The van der Waals surface area contributed by atoms with Gasteiger partial charge in [-0.2, -0.15) is 5.26 Å². The normalized spacial score (nSPS) is 11.7. The first-order valence-corrected chi connectivity index (χ1v) is 14.5. The van der Waals surface area contributed by atoms with E-state index in [0.717, 1.165) is 66.1 Å². The maximum atomic E-state index is 10.9. The van der Waals surface area contributed by atoms with Crippen LogP contribution < -0.4 is 0 Å². The molecule has 4 heteroatoms. The van der Waals surface area contributed by atoms with Crippen molar-refractivity contribution in [3.8, 4) is 17.4 Å². The molecule has 4 nitrogen and oxygen atoms in total. The molecule has 0 unspecified atom stereocenters. The number of benzene rings is 5. The van der Waals surface area contributed by atoms with Crippen LogP contribution in [-0.4, -0.2) is 9.13 Å². The Hall–Kier alpha value is -5.32. The third-order valence-electron chi connectivity index (χ3n) is 8.48. The summed E-state index contributed by atoms with van der Waals surface area (Å²) in [5.41, 5.74) is 8.82. The van der Waals surface area contributed by atoms with Crippen molar-refractivity contribution < 1.29 is 0 Å². The van der Waals surface area contributed by atoms with Crippen molar-refractivity contribution in [1.82, 2.24) is 9.13 Å². The molecule has 0 aliphatic heterocycles. The summed E-state index contributed by atoms with van der Waals surface area (Å²) in [6.45, 7) is 17.4. The molecule has 7 rings (SSSR count). The van der Waals surface area contributed by atoms with Gasteiger partial charge in [-0.25, -0.2) is 4.85 Å². The van der Waals surface area contributed by atoms with Gasteiger partial charge >= 0.3 is 0 Å². The molecule has 202 valence electrons. The molecule has 0 radical (unpaired) electrons. The summed E-state index contributed by atoms with van der Waals surface area (Å²) in [5, 5.41) is 15.5. The summed E-state index contributed by atoms with van der Waals surface area (Å²) in [6, 6.07) is 36.0. The van der Waals surface area contributed by atoms with Crippen LogP contribution in [-0.2, 0) is 0 Å². The smallest absolute Gasteiger partial charge is 0.230 e. The minimum atomic E-state index is 0.0936. The Bertz CT molecular complexity index is 2010. The van der Waals surface area contributed by atoms with Gasteiger partial charge in [0, 0.05) is 21.5 Å². The zero-order valence-corrected chi connectivity index (χ0v) is 24.2. The van der Waals surface area contributed by atoms with Gasteiger partial charge in [-0.05, 0) is 47.2 Å². The minimum Gasteiger partial charge on any atom is -0.319 e. The lowest BCUT2D eigenvalue weighted by molar-refractivity contribution is 0.776. The minimum absolute atomic E-state index is 0.0936. The van der Waals surface area contributed by atoms with Crippen molar-refractivity contribution in [3.63, 3.8) is 0 Å². The SMILES string of the molecule is [C-]#[N+]c1c(C#N)c(-n2c3ccccc3c3ccccc32)c(C(C)C)c(C(C)C)c1-n1c2ccccc2c2ccccc21. The number of aromatic nitrogens is 2. The number of nitriles is 1. The lowest BCUT2D eigenvalue weighted by Gasteiger charge is -2.29. The Labute approximate surface area is 245 Å². The van der Waals surface area contributed by atoms with Crippen LogP contribution in [0.5, 0.6) is 0 Å². The second-order valence-electron chi connectivity index (χ2n) is 11.5. The van der Waals surface area contributed by atoms with E-state index in [1.165, 1.54) is 0 Å². The largest absolute Gasteiger partial charge is 0.319 e. The van der Waals surface area contributed by atoms with E-state index >= 15 is 0 Å². The molecule has 0 atom stereocenters. The van der Waals surface area contributed by atoms with Crippen molar-refractivity contribution in [2.24, 2.45) is 0 Å². The van der Waals surface area contributed by atoms with E-state index in [1.54, 1.807) is 0 Å². The van der Waals surface area contributed by atoms with E-state index < -0.39 is 0 Å². The lowest BCUT2D eigenvalue weighted by Crippen LogP contribution is -2.14. The highest BCUT2D eigenvalue weighted by Crippen LogP contribution is 2.49. The van der Waals surface area contributed by atoms with E-state index in [1.807, 2.05) is 24.3 Å². The summed E-state index contributed by atoms with van der Waals surface area (Å²) in [4.78, 5) is 4.18. The Morgan fingerprint density at radius 1 is 0.571 bits per heavy atom. The van der Waals surface area contributed by atoms with Crippen LogP contribution in [0.15, 0.2) is 97.1 Å². The lowest BCUT2D eigenvalue weighted by atomic mass is 9.84. The third-order valence-corrected chi connectivity index (χ3v) is 8.48. The summed E-state index contributed by atoms with van der Waals surface area (Å²) >= 11 is 0. The fourth-order valence-electron chi connectivity index (χ4n) is 6.92. The first kappa shape index (κ1) is 25.6. The predicted molar refractivity (Wildman–Crippen MR) is 174 cm³/mol. The van der Waals surface area contributed by atoms with Gasteiger partial charge in [0.2, 0.25) is 5.69 Å². The molecular formula is C38H30N4. The fraction of sp³-hybridized carbons (Fsp3) is 0.158. The Morgan fingerprint density at radius 3 is 1.24 bits per heavy atom. The first-order chi connectivity index (χ1) is 20.5. The zero-order chi connectivity index (χ0) is 29.1. The zero-order valence-electron chi connectivity index (χ0n) is 24.2. The van der Waals surface area contributed by atoms with Crippen LogP contribution in [0.3, 0.4) is 0 Å². The maximum Gasteiger partial charge on any atom is 0.230 e. The highest BCUT2D eigenvalue weighted by atomic mass is 15.0. The summed E-state index contributed by atoms with van der Waals surface area (Å²) in [7, 11) is 0.